The number of anilines is 1. The summed E-state index contributed by atoms with van der Waals surface area (Å²) < 4.78 is 2.05. The van der Waals surface area contributed by atoms with Crippen LogP contribution in [0, 0.1) is 6.92 Å². The number of imidazole rings is 1. The Morgan fingerprint density at radius 2 is 1.90 bits per heavy atom. The van der Waals surface area contributed by atoms with Crippen LogP contribution in [0.25, 0.3) is 16.7 Å². The van der Waals surface area contributed by atoms with E-state index in [2.05, 4.69) is 5.32 Å². The van der Waals surface area contributed by atoms with E-state index in [9.17, 15) is 9.59 Å². The Labute approximate surface area is 175 Å². The number of para-hydroxylation sites is 2. The number of fused-ring (bicyclic) bond motifs is 1. The zero-order valence-corrected chi connectivity index (χ0v) is 17.2. The van der Waals surface area contributed by atoms with E-state index in [1.54, 1.807) is 11.4 Å². The van der Waals surface area contributed by atoms with Crippen molar-refractivity contribution in [1.29, 1.82) is 0 Å². The molecule has 0 spiro atoms. The summed E-state index contributed by atoms with van der Waals surface area (Å²) in [5, 5.41) is 5.68. The van der Waals surface area contributed by atoms with Crippen LogP contribution >= 0.6 is 23.1 Å². The number of primary amides is 1. The number of aryl methyl sites for hydroxylation is 1. The summed E-state index contributed by atoms with van der Waals surface area (Å²) in [6.07, 6.45) is 0. The van der Waals surface area contributed by atoms with Gasteiger partial charge in [-0.1, -0.05) is 41.6 Å². The minimum Gasteiger partial charge on any atom is -0.366 e. The van der Waals surface area contributed by atoms with Gasteiger partial charge >= 0.3 is 0 Å². The lowest BCUT2D eigenvalue weighted by atomic mass is 10.2. The third-order valence-corrected chi connectivity index (χ3v) is 6.11. The Bertz CT molecular complexity index is 1200. The normalized spacial score (nSPS) is 10.9. The smallest absolute Gasteiger partial charge is 0.251 e. The van der Waals surface area contributed by atoms with E-state index in [4.69, 9.17) is 10.7 Å². The van der Waals surface area contributed by atoms with E-state index in [0.717, 1.165) is 21.9 Å². The Morgan fingerprint density at radius 1 is 1.14 bits per heavy atom. The molecule has 4 aromatic rings. The van der Waals surface area contributed by atoms with Gasteiger partial charge in [0.1, 0.15) is 5.00 Å². The summed E-state index contributed by atoms with van der Waals surface area (Å²) in [7, 11) is 0. The highest BCUT2D eigenvalue weighted by Crippen LogP contribution is 2.29. The highest BCUT2D eigenvalue weighted by molar-refractivity contribution is 7.99. The van der Waals surface area contributed by atoms with Crippen LogP contribution in [0.15, 0.2) is 65.1 Å². The van der Waals surface area contributed by atoms with Crippen molar-refractivity contribution in [2.75, 3.05) is 11.1 Å². The van der Waals surface area contributed by atoms with Crippen LogP contribution in [0.3, 0.4) is 0 Å². The summed E-state index contributed by atoms with van der Waals surface area (Å²) in [5.41, 5.74) is 9.66. The van der Waals surface area contributed by atoms with Crippen molar-refractivity contribution in [3.8, 4) is 5.69 Å². The zero-order valence-electron chi connectivity index (χ0n) is 15.6. The number of hydrogen-bond donors (Lipinski definition) is 2. The number of carbonyl (C=O) groups is 2. The zero-order chi connectivity index (χ0) is 20.4. The number of nitrogens with zero attached hydrogens (tertiary/aromatic N) is 2. The van der Waals surface area contributed by atoms with E-state index in [0.29, 0.717) is 10.6 Å². The molecule has 6 nitrogen and oxygen atoms in total. The summed E-state index contributed by atoms with van der Waals surface area (Å²) in [6.45, 7) is 2.04. The van der Waals surface area contributed by atoms with Crippen molar-refractivity contribution >= 4 is 50.9 Å². The Balaban J connectivity index is 1.58. The molecule has 0 saturated carbocycles. The van der Waals surface area contributed by atoms with Gasteiger partial charge in [0.2, 0.25) is 5.91 Å². The average Bonchev–Trinajstić information content (AvgIpc) is 3.31. The molecule has 2 amide bonds. The molecule has 0 unspecified atom stereocenters. The molecule has 0 atom stereocenters. The van der Waals surface area contributed by atoms with Crippen LogP contribution in [0.2, 0.25) is 0 Å². The van der Waals surface area contributed by atoms with Gasteiger partial charge in [-0.25, -0.2) is 4.98 Å². The predicted molar refractivity (Wildman–Crippen MR) is 118 cm³/mol. The number of aromatic nitrogens is 2. The van der Waals surface area contributed by atoms with Crippen LogP contribution in [-0.4, -0.2) is 27.1 Å². The first kappa shape index (κ1) is 19.2. The molecule has 0 aliphatic rings. The van der Waals surface area contributed by atoms with Gasteiger partial charge in [0.05, 0.1) is 22.3 Å². The van der Waals surface area contributed by atoms with Gasteiger partial charge in [0, 0.05) is 5.69 Å². The number of rotatable bonds is 6. The molecule has 0 aliphatic heterocycles. The van der Waals surface area contributed by atoms with Crippen molar-refractivity contribution in [3.63, 3.8) is 0 Å². The monoisotopic (exact) mass is 422 g/mol. The maximum atomic E-state index is 12.5. The Hall–Kier alpha value is -3.10. The first-order chi connectivity index (χ1) is 14.0. The molecule has 2 heterocycles. The average molecular weight is 423 g/mol. The van der Waals surface area contributed by atoms with Crippen LogP contribution in [-0.2, 0) is 4.79 Å². The van der Waals surface area contributed by atoms with Crippen molar-refractivity contribution in [2.45, 2.75) is 12.1 Å². The van der Waals surface area contributed by atoms with Crippen molar-refractivity contribution in [3.05, 3.63) is 71.1 Å². The minimum absolute atomic E-state index is 0.158. The molecule has 0 saturated heterocycles. The maximum Gasteiger partial charge on any atom is 0.251 e. The summed E-state index contributed by atoms with van der Waals surface area (Å²) >= 11 is 2.61. The molecule has 29 heavy (non-hydrogen) atoms. The quantitative estimate of drug-likeness (QED) is 0.455. The fourth-order valence-corrected chi connectivity index (χ4v) is 4.57. The first-order valence-electron chi connectivity index (χ1n) is 8.87. The van der Waals surface area contributed by atoms with Crippen LogP contribution in [0.5, 0.6) is 0 Å². The number of benzene rings is 2. The Kier molecular flexibility index (Phi) is 5.37. The van der Waals surface area contributed by atoms with Crippen molar-refractivity contribution in [1.82, 2.24) is 9.55 Å². The summed E-state index contributed by atoms with van der Waals surface area (Å²) in [5.74, 6) is -0.622. The van der Waals surface area contributed by atoms with E-state index >= 15 is 0 Å². The third-order valence-electron chi connectivity index (χ3n) is 4.34. The number of carbonyl (C=O) groups excluding carboxylic acids is 2. The number of nitrogens with one attached hydrogen (secondary N) is 1. The van der Waals surface area contributed by atoms with E-state index in [-0.39, 0.29) is 11.7 Å². The second-order valence-corrected chi connectivity index (χ2v) is 8.28. The molecule has 8 heteroatoms. The summed E-state index contributed by atoms with van der Waals surface area (Å²) in [6, 6.07) is 17.7. The van der Waals surface area contributed by atoms with Gasteiger partial charge in [-0.15, -0.1) is 11.3 Å². The number of thioether (sulfide) groups is 1. The van der Waals surface area contributed by atoms with Crippen LogP contribution in [0.1, 0.15) is 15.9 Å². The number of thiophene rings is 1. The molecule has 2 aromatic carbocycles. The molecule has 3 N–H and O–H groups in total. The second-order valence-electron chi connectivity index (χ2n) is 6.42. The molecule has 4 rings (SSSR count). The predicted octanol–water partition coefficient (Wildman–Crippen LogP) is 4.23. The molecule has 146 valence electrons. The lowest BCUT2D eigenvalue weighted by Gasteiger charge is -2.09. The van der Waals surface area contributed by atoms with Gasteiger partial charge < -0.3 is 11.1 Å². The van der Waals surface area contributed by atoms with Crippen LogP contribution in [0.4, 0.5) is 5.00 Å². The molecule has 2 aromatic heterocycles. The number of hydrogen-bond acceptors (Lipinski definition) is 5. The molecular weight excluding hydrogens is 404 g/mol. The molecule has 0 radical (unpaired) electrons. The lowest BCUT2D eigenvalue weighted by Crippen LogP contribution is -2.18. The topological polar surface area (TPSA) is 90.0 Å². The van der Waals surface area contributed by atoms with E-state index in [1.807, 2.05) is 60.0 Å². The number of nitrogens with two attached hydrogens (primary N) is 1. The van der Waals surface area contributed by atoms with E-state index in [1.165, 1.54) is 28.7 Å². The molecule has 0 fully saturated rings. The van der Waals surface area contributed by atoms with Crippen molar-refractivity contribution < 1.29 is 9.59 Å². The van der Waals surface area contributed by atoms with E-state index < -0.39 is 5.91 Å². The fraction of sp³-hybridized carbons (Fsp3) is 0.0952. The van der Waals surface area contributed by atoms with Gasteiger partial charge in [-0.05, 0) is 42.6 Å². The van der Waals surface area contributed by atoms with Crippen molar-refractivity contribution in [2.24, 2.45) is 5.73 Å². The van der Waals surface area contributed by atoms with Gasteiger partial charge in [0.15, 0.2) is 5.16 Å². The maximum absolute atomic E-state index is 12.5. The highest BCUT2D eigenvalue weighted by atomic mass is 32.2. The highest BCUT2D eigenvalue weighted by Gasteiger charge is 2.16. The first-order valence-corrected chi connectivity index (χ1v) is 10.7. The third kappa shape index (κ3) is 4.03. The number of amides is 2. The van der Waals surface area contributed by atoms with Gasteiger partial charge in [-0.2, -0.15) is 0 Å². The lowest BCUT2D eigenvalue weighted by molar-refractivity contribution is -0.113. The van der Waals surface area contributed by atoms with Crippen LogP contribution < -0.4 is 11.1 Å². The molecule has 0 bridgehead atoms. The SMILES string of the molecule is Cc1ccc(-n2c(SCC(=O)Nc3sccc3C(N)=O)nc3ccccc32)cc1. The molecular formula is C21H18N4O2S2. The summed E-state index contributed by atoms with van der Waals surface area (Å²) in [4.78, 5) is 28.6. The fourth-order valence-electron chi connectivity index (χ4n) is 2.94. The largest absolute Gasteiger partial charge is 0.366 e. The standard InChI is InChI=1S/C21H18N4O2S2/c1-13-6-8-14(9-7-13)25-17-5-3-2-4-16(17)23-21(25)29-12-18(26)24-20-15(19(22)27)10-11-28-20/h2-11H,12H2,1H3,(H2,22,27)(H,24,26). The molecule has 0 aliphatic carbocycles. The Morgan fingerprint density at radius 3 is 2.66 bits per heavy atom. The second kappa shape index (κ2) is 8.10. The van der Waals surface area contributed by atoms with Gasteiger partial charge in [0.25, 0.3) is 5.91 Å². The van der Waals surface area contributed by atoms with Gasteiger partial charge in [-0.3, -0.25) is 14.2 Å². The minimum atomic E-state index is -0.560.